The molecule has 0 aliphatic heterocycles. The summed E-state index contributed by atoms with van der Waals surface area (Å²) in [4.78, 5) is 11.3. The molecule has 1 aromatic heterocycles. The van der Waals surface area contributed by atoms with Gasteiger partial charge in [-0.1, -0.05) is 0 Å². The molecule has 0 spiro atoms. The van der Waals surface area contributed by atoms with Crippen molar-refractivity contribution in [3.8, 4) is 0 Å². The Bertz CT molecular complexity index is 319. The largest absolute Gasteiger partial charge is 0.352 e. The Kier molecular flexibility index (Phi) is 2.35. The highest BCUT2D eigenvalue weighted by atomic mass is 79.9. The molecule has 0 unspecified atom stereocenters. The summed E-state index contributed by atoms with van der Waals surface area (Å²) in [5.74, 6) is 0.0399. The molecule has 70 valence electrons. The van der Waals surface area contributed by atoms with Gasteiger partial charge >= 0.3 is 0 Å². The van der Waals surface area contributed by atoms with Crippen LogP contribution in [0.5, 0.6) is 0 Å². The summed E-state index contributed by atoms with van der Waals surface area (Å²) in [7, 11) is 0. The normalized spacial score (nSPS) is 15.8. The lowest BCUT2D eigenvalue weighted by Gasteiger charge is -2.02. The van der Waals surface area contributed by atoms with Gasteiger partial charge in [-0.25, -0.2) is 0 Å². The number of carbonyl (C=O) groups is 1. The van der Waals surface area contributed by atoms with Gasteiger partial charge in [0.2, 0.25) is 5.91 Å². The minimum absolute atomic E-state index is 0.0399. The third-order valence-corrected chi connectivity index (χ3v) is 2.26. The first kappa shape index (κ1) is 8.74. The summed E-state index contributed by atoms with van der Waals surface area (Å²) in [6.07, 6.45) is 5.69. The second-order valence-corrected chi connectivity index (χ2v) is 4.11. The molecule has 1 aliphatic rings. The van der Waals surface area contributed by atoms with Crippen LogP contribution in [0.3, 0.4) is 0 Å². The van der Waals surface area contributed by atoms with E-state index in [-0.39, 0.29) is 5.91 Å². The van der Waals surface area contributed by atoms with Gasteiger partial charge in [0.05, 0.1) is 10.7 Å². The summed E-state index contributed by atoms with van der Waals surface area (Å²) in [6.45, 7) is 0.308. The van der Waals surface area contributed by atoms with E-state index in [2.05, 4.69) is 26.3 Å². The van der Waals surface area contributed by atoms with Crippen molar-refractivity contribution in [2.45, 2.75) is 25.4 Å². The Morgan fingerprint density at radius 3 is 3.08 bits per heavy atom. The van der Waals surface area contributed by atoms with Crippen LogP contribution in [-0.4, -0.2) is 21.7 Å². The molecule has 0 saturated heterocycles. The highest BCUT2D eigenvalue weighted by molar-refractivity contribution is 9.10. The van der Waals surface area contributed by atoms with Crippen molar-refractivity contribution in [3.63, 3.8) is 0 Å². The number of nitrogens with zero attached hydrogens (tertiary/aromatic N) is 2. The number of hydrogen-bond acceptors (Lipinski definition) is 2. The highest BCUT2D eigenvalue weighted by Gasteiger charge is 2.23. The molecular weight excluding hydrogens is 234 g/mol. The number of amides is 1. The van der Waals surface area contributed by atoms with Crippen molar-refractivity contribution in [1.82, 2.24) is 15.1 Å². The molecule has 1 heterocycles. The van der Waals surface area contributed by atoms with Gasteiger partial charge in [-0.05, 0) is 28.8 Å². The highest BCUT2D eigenvalue weighted by Crippen LogP contribution is 2.18. The molecule has 4 nitrogen and oxygen atoms in total. The summed E-state index contributed by atoms with van der Waals surface area (Å²) < 4.78 is 2.51. The lowest BCUT2D eigenvalue weighted by Crippen LogP contribution is -2.29. The quantitative estimate of drug-likeness (QED) is 0.859. The van der Waals surface area contributed by atoms with Crippen LogP contribution in [0.1, 0.15) is 12.8 Å². The monoisotopic (exact) mass is 243 g/mol. The summed E-state index contributed by atoms with van der Waals surface area (Å²) in [5, 5.41) is 6.89. The molecule has 5 heteroatoms. The first-order valence-electron chi connectivity index (χ1n) is 4.21. The average molecular weight is 244 g/mol. The minimum Gasteiger partial charge on any atom is -0.352 e. The van der Waals surface area contributed by atoms with Gasteiger partial charge in [0.25, 0.3) is 0 Å². The van der Waals surface area contributed by atoms with E-state index in [0.29, 0.717) is 12.6 Å². The molecule has 1 fully saturated rings. The molecule has 1 aromatic rings. The van der Waals surface area contributed by atoms with Crippen LogP contribution in [0, 0.1) is 0 Å². The molecule has 2 rings (SSSR count). The first-order chi connectivity index (χ1) is 6.24. The van der Waals surface area contributed by atoms with E-state index in [1.165, 1.54) is 0 Å². The van der Waals surface area contributed by atoms with Gasteiger partial charge in [0.1, 0.15) is 6.54 Å². The molecule has 0 radical (unpaired) electrons. The van der Waals surface area contributed by atoms with Crippen LogP contribution in [0.2, 0.25) is 0 Å². The molecule has 1 aliphatic carbocycles. The number of rotatable bonds is 3. The molecule has 0 aromatic carbocycles. The fraction of sp³-hybridized carbons (Fsp3) is 0.500. The smallest absolute Gasteiger partial charge is 0.241 e. The summed E-state index contributed by atoms with van der Waals surface area (Å²) in [5.41, 5.74) is 0. The van der Waals surface area contributed by atoms with E-state index < -0.39 is 0 Å². The van der Waals surface area contributed by atoms with Gasteiger partial charge in [-0.2, -0.15) is 5.10 Å². The Morgan fingerprint density at radius 2 is 2.54 bits per heavy atom. The van der Waals surface area contributed by atoms with E-state index in [1.807, 2.05) is 0 Å². The maximum Gasteiger partial charge on any atom is 0.241 e. The van der Waals surface area contributed by atoms with Crippen molar-refractivity contribution in [2.75, 3.05) is 0 Å². The number of aromatic nitrogens is 2. The van der Waals surface area contributed by atoms with Crippen LogP contribution >= 0.6 is 15.9 Å². The third kappa shape index (κ3) is 2.55. The van der Waals surface area contributed by atoms with E-state index in [4.69, 9.17) is 0 Å². The number of nitrogens with one attached hydrogen (secondary N) is 1. The van der Waals surface area contributed by atoms with Gasteiger partial charge < -0.3 is 5.32 Å². The molecule has 1 N–H and O–H groups in total. The molecule has 1 amide bonds. The predicted octanol–water partition coefficient (Wildman–Crippen LogP) is 0.924. The molecular formula is C8H10BrN3O. The zero-order valence-corrected chi connectivity index (χ0v) is 8.62. The second-order valence-electron chi connectivity index (χ2n) is 3.20. The van der Waals surface area contributed by atoms with E-state index >= 15 is 0 Å². The average Bonchev–Trinajstić information content (AvgIpc) is 2.76. The van der Waals surface area contributed by atoms with Crippen molar-refractivity contribution < 1.29 is 4.79 Å². The summed E-state index contributed by atoms with van der Waals surface area (Å²) >= 11 is 3.27. The summed E-state index contributed by atoms with van der Waals surface area (Å²) in [6, 6.07) is 0.423. The zero-order valence-electron chi connectivity index (χ0n) is 7.03. The Balaban J connectivity index is 1.85. The fourth-order valence-electron chi connectivity index (χ4n) is 1.07. The second kappa shape index (κ2) is 3.49. The lowest BCUT2D eigenvalue weighted by molar-refractivity contribution is -0.122. The molecule has 0 atom stereocenters. The SMILES string of the molecule is O=C(Cn1cc(Br)cn1)NC1CC1. The van der Waals surface area contributed by atoms with E-state index in [0.717, 1.165) is 17.3 Å². The fourth-order valence-corrected chi connectivity index (χ4v) is 1.40. The van der Waals surface area contributed by atoms with E-state index in [9.17, 15) is 4.79 Å². The first-order valence-corrected chi connectivity index (χ1v) is 5.00. The van der Waals surface area contributed by atoms with Crippen molar-refractivity contribution in [1.29, 1.82) is 0 Å². The van der Waals surface area contributed by atoms with Gasteiger partial charge in [0, 0.05) is 12.2 Å². The van der Waals surface area contributed by atoms with Crippen LogP contribution in [0.15, 0.2) is 16.9 Å². The predicted molar refractivity (Wildman–Crippen MR) is 51.1 cm³/mol. The van der Waals surface area contributed by atoms with E-state index in [1.54, 1.807) is 17.1 Å². The lowest BCUT2D eigenvalue weighted by atomic mass is 10.5. The van der Waals surface area contributed by atoms with Crippen LogP contribution < -0.4 is 5.32 Å². The molecule has 13 heavy (non-hydrogen) atoms. The number of halogens is 1. The van der Waals surface area contributed by atoms with Crippen molar-refractivity contribution in [2.24, 2.45) is 0 Å². The minimum atomic E-state index is 0.0399. The maximum atomic E-state index is 11.3. The standard InChI is InChI=1S/C8H10BrN3O/c9-6-3-10-12(4-6)5-8(13)11-7-1-2-7/h3-4,7H,1-2,5H2,(H,11,13). The third-order valence-electron chi connectivity index (χ3n) is 1.85. The Labute approximate surface area is 84.4 Å². The van der Waals surface area contributed by atoms with Crippen molar-refractivity contribution >= 4 is 21.8 Å². The maximum absolute atomic E-state index is 11.3. The van der Waals surface area contributed by atoms with Crippen LogP contribution in [-0.2, 0) is 11.3 Å². The topological polar surface area (TPSA) is 46.9 Å². The Morgan fingerprint density at radius 1 is 1.77 bits per heavy atom. The Hall–Kier alpha value is -0.840. The molecule has 0 bridgehead atoms. The van der Waals surface area contributed by atoms with Gasteiger partial charge in [-0.15, -0.1) is 0 Å². The van der Waals surface area contributed by atoms with Gasteiger partial charge in [0.15, 0.2) is 0 Å². The van der Waals surface area contributed by atoms with Gasteiger partial charge in [-0.3, -0.25) is 9.48 Å². The molecule has 1 saturated carbocycles. The zero-order chi connectivity index (χ0) is 9.26. The number of carbonyl (C=O) groups excluding carboxylic acids is 1. The van der Waals surface area contributed by atoms with Crippen LogP contribution in [0.4, 0.5) is 0 Å². The number of hydrogen-bond donors (Lipinski definition) is 1. The van der Waals surface area contributed by atoms with Crippen molar-refractivity contribution in [3.05, 3.63) is 16.9 Å². The van der Waals surface area contributed by atoms with Crippen LogP contribution in [0.25, 0.3) is 0 Å².